The lowest BCUT2D eigenvalue weighted by Crippen LogP contribution is -2.45. The minimum absolute atomic E-state index is 0.0406. The Balaban J connectivity index is 1.90. The van der Waals surface area contributed by atoms with Gasteiger partial charge in [0.05, 0.1) is 6.61 Å². The number of halogens is 1. The quantitative estimate of drug-likeness (QED) is 0.769. The summed E-state index contributed by atoms with van der Waals surface area (Å²) in [6.45, 7) is 4.39. The molecule has 2 amide bonds. The predicted molar refractivity (Wildman–Crippen MR) is 93.7 cm³/mol. The van der Waals surface area contributed by atoms with Gasteiger partial charge in [-0.05, 0) is 42.5 Å². The van der Waals surface area contributed by atoms with Crippen LogP contribution in [0.5, 0.6) is 0 Å². The zero-order chi connectivity index (χ0) is 18.2. The fourth-order valence-electron chi connectivity index (χ4n) is 3.37. The lowest BCUT2D eigenvalue weighted by Gasteiger charge is -2.38. The van der Waals surface area contributed by atoms with E-state index in [1.165, 1.54) is 24.3 Å². The monoisotopic (exact) mass is 350 g/mol. The molecule has 1 fully saturated rings. The Kier molecular flexibility index (Phi) is 7.37. The van der Waals surface area contributed by atoms with Gasteiger partial charge in [-0.1, -0.05) is 13.3 Å². The molecule has 0 aliphatic carbocycles. The standard InChI is InChI=1S/C19H27FN2O3/c1-3-14-13-22(19(24)15-4-6-17(20)7-5-15)10-8-16(14)12-18(23)21-9-11-25-2/h4-7,14,16H,3,8-13H2,1-2H3,(H,21,23)/t14-,16-/m0/s1. The molecule has 1 aromatic carbocycles. The molecule has 6 heteroatoms. The number of rotatable bonds is 7. The molecular weight excluding hydrogens is 323 g/mol. The fraction of sp³-hybridized carbons (Fsp3) is 0.579. The first-order valence-corrected chi connectivity index (χ1v) is 8.85. The molecule has 1 N–H and O–H groups in total. The molecule has 1 aliphatic heterocycles. The summed E-state index contributed by atoms with van der Waals surface area (Å²) in [7, 11) is 1.60. The first-order valence-electron chi connectivity index (χ1n) is 8.85. The Morgan fingerprint density at radius 1 is 1.28 bits per heavy atom. The van der Waals surface area contributed by atoms with Gasteiger partial charge in [-0.2, -0.15) is 0 Å². The molecule has 0 unspecified atom stereocenters. The van der Waals surface area contributed by atoms with Crippen LogP contribution >= 0.6 is 0 Å². The Hall–Kier alpha value is -1.95. The van der Waals surface area contributed by atoms with Gasteiger partial charge in [0.1, 0.15) is 5.82 Å². The molecule has 2 atom stereocenters. The van der Waals surface area contributed by atoms with Crippen LogP contribution in [0.1, 0.15) is 36.5 Å². The van der Waals surface area contributed by atoms with E-state index in [4.69, 9.17) is 4.74 Å². The van der Waals surface area contributed by atoms with Gasteiger partial charge in [-0.3, -0.25) is 9.59 Å². The van der Waals surface area contributed by atoms with Crippen molar-refractivity contribution in [1.82, 2.24) is 10.2 Å². The molecule has 0 bridgehead atoms. The lowest BCUT2D eigenvalue weighted by atomic mass is 9.81. The first-order chi connectivity index (χ1) is 12.0. The van der Waals surface area contributed by atoms with Gasteiger partial charge in [0, 0.05) is 38.7 Å². The molecule has 1 aliphatic rings. The average Bonchev–Trinajstić information content (AvgIpc) is 2.62. The lowest BCUT2D eigenvalue weighted by molar-refractivity contribution is -0.123. The summed E-state index contributed by atoms with van der Waals surface area (Å²) in [5, 5.41) is 2.86. The van der Waals surface area contributed by atoms with Crippen molar-refractivity contribution in [2.45, 2.75) is 26.2 Å². The molecule has 5 nitrogen and oxygen atoms in total. The predicted octanol–water partition coefficient (Wildman–Crippen LogP) is 2.47. The Morgan fingerprint density at radius 3 is 2.64 bits per heavy atom. The summed E-state index contributed by atoms with van der Waals surface area (Å²) in [4.78, 5) is 26.4. The van der Waals surface area contributed by atoms with Gasteiger partial charge in [-0.25, -0.2) is 4.39 Å². The van der Waals surface area contributed by atoms with Gasteiger partial charge >= 0.3 is 0 Å². The molecule has 2 rings (SSSR count). The summed E-state index contributed by atoms with van der Waals surface area (Å²) < 4.78 is 18.0. The van der Waals surface area contributed by atoms with E-state index >= 15 is 0 Å². The third-order valence-electron chi connectivity index (χ3n) is 4.87. The SMILES string of the molecule is CC[C@H]1CN(C(=O)c2ccc(F)cc2)CC[C@H]1CC(=O)NCCOC. The van der Waals surface area contributed by atoms with Crippen molar-refractivity contribution in [3.8, 4) is 0 Å². The normalized spacial score (nSPS) is 20.4. The number of nitrogens with zero attached hydrogens (tertiary/aromatic N) is 1. The Bertz CT molecular complexity index is 577. The minimum atomic E-state index is -0.346. The van der Waals surface area contributed by atoms with E-state index in [0.717, 1.165) is 12.8 Å². The number of hydrogen-bond acceptors (Lipinski definition) is 3. The first kappa shape index (κ1) is 19.4. The summed E-state index contributed by atoms with van der Waals surface area (Å²) >= 11 is 0. The van der Waals surface area contributed by atoms with Crippen molar-refractivity contribution in [2.75, 3.05) is 33.4 Å². The maximum absolute atomic E-state index is 13.0. The van der Waals surface area contributed by atoms with Gasteiger partial charge in [0.2, 0.25) is 5.91 Å². The molecule has 1 aromatic rings. The highest BCUT2D eigenvalue weighted by Crippen LogP contribution is 2.29. The van der Waals surface area contributed by atoms with Crippen molar-refractivity contribution < 1.29 is 18.7 Å². The minimum Gasteiger partial charge on any atom is -0.383 e. The number of nitrogens with one attached hydrogen (secondary N) is 1. The van der Waals surface area contributed by atoms with Crippen LogP contribution < -0.4 is 5.32 Å². The molecule has 138 valence electrons. The number of hydrogen-bond donors (Lipinski definition) is 1. The van der Waals surface area contributed by atoms with Gasteiger partial charge in [0.25, 0.3) is 5.91 Å². The van der Waals surface area contributed by atoms with E-state index in [1.54, 1.807) is 7.11 Å². The zero-order valence-corrected chi connectivity index (χ0v) is 15.0. The van der Waals surface area contributed by atoms with Crippen molar-refractivity contribution in [1.29, 1.82) is 0 Å². The van der Waals surface area contributed by atoms with Crippen molar-refractivity contribution >= 4 is 11.8 Å². The van der Waals surface area contributed by atoms with E-state index in [9.17, 15) is 14.0 Å². The summed E-state index contributed by atoms with van der Waals surface area (Å²) in [6.07, 6.45) is 2.22. The van der Waals surface area contributed by atoms with Crippen LogP contribution in [0.25, 0.3) is 0 Å². The Labute approximate surface area is 148 Å². The van der Waals surface area contributed by atoms with Gasteiger partial charge in [-0.15, -0.1) is 0 Å². The molecule has 25 heavy (non-hydrogen) atoms. The zero-order valence-electron chi connectivity index (χ0n) is 15.0. The smallest absolute Gasteiger partial charge is 0.253 e. The van der Waals surface area contributed by atoms with E-state index < -0.39 is 0 Å². The second-order valence-electron chi connectivity index (χ2n) is 6.52. The highest BCUT2D eigenvalue weighted by atomic mass is 19.1. The van der Waals surface area contributed by atoms with Gasteiger partial charge < -0.3 is 15.0 Å². The average molecular weight is 350 g/mol. The summed E-state index contributed by atoms with van der Waals surface area (Å²) in [6, 6.07) is 5.66. The number of likely N-dealkylation sites (tertiary alicyclic amines) is 1. The van der Waals surface area contributed by atoms with E-state index in [1.807, 2.05) is 4.90 Å². The van der Waals surface area contributed by atoms with E-state index in [2.05, 4.69) is 12.2 Å². The largest absolute Gasteiger partial charge is 0.383 e. The van der Waals surface area contributed by atoms with E-state index in [0.29, 0.717) is 44.1 Å². The summed E-state index contributed by atoms with van der Waals surface area (Å²) in [5.74, 6) is 0.206. The number of carbonyl (C=O) groups is 2. The van der Waals surface area contributed by atoms with E-state index in [-0.39, 0.29) is 23.5 Å². The van der Waals surface area contributed by atoms with Crippen LogP contribution in [-0.2, 0) is 9.53 Å². The maximum Gasteiger partial charge on any atom is 0.253 e. The molecule has 0 saturated carbocycles. The second-order valence-corrected chi connectivity index (χ2v) is 6.52. The third kappa shape index (κ3) is 5.53. The number of methoxy groups -OCH3 is 1. The van der Waals surface area contributed by atoms with Crippen LogP contribution in [0, 0.1) is 17.7 Å². The molecule has 0 aromatic heterocycles. The number of carbonyl (C=O) groups excluding carboxylic acids is 2. The molecule has 0 spiro atoms. The molecular formula is C19H27FN2O3. The van der Waals surface area contributed by atoms with Gasteiger partial charge in [0.15, 0.2) is 0 Å². The van der Waals surface area contributed by atoms with Crippen LogP contribution in [0.4, 0.5) is 4.39 Å². The van der Waals surface area contributed by atoms with Crippen LogP contribution in [0.3, 0.4) is 0 Å². The van der Waals surface area contributed by atoms with Crippen molar-refractivity contribution in [3.63, 3.8) is 0 Å². The summed E-state index contributed by atoms with van der Waals surface area (Å²) in [5.41, 5.74) is 0.506. The highest BCUT2D eigenvalue weighted by molar-refractivity contribution is 5.94. The van der Waals surface area contributed by atoms with Crippen LogP contribution in [-0.4, -0.2) is 50.1 Å². The Morgan fingerprint density at radius 2 is 2.00 bits per heavy atom. The number of piperidine rings is 1. The van der Waals surface area contributed by atoms with Crippen LogP contribution in [0.15, 0.2) is 24.3 Å². The van der Waals surface area contributed by atoms with Crippen LogP contribution in [0.2, 0.25) is 0 Å². The number of ether oxygens (including phenoxy) is 1. The highest BCUT2D eigenvalue weighted by Gasteiger charge is 2.31. The second kappa shape index (κ2) is 9.51. The molecule has 0 radical (unpaired) electrons. The number of benzene rings is 1. The maximum atomic E-state index is 13.0. The van der Waals surface area contributed by atoms with Crippen molar-refractivity contribution in [2.24, 2.45) is 11.8 Å². The molecule has 1 saturated heterocycles. The molecule has 1 heterocycles. The topological polar surface area (TPSA) is 58.6 Å². The third-order valence-corrected chi connectivity index (χ3v) is 4.87. The van der Waals surface area contributed by atoms with Crippen molar-refractivity contribution in [3.05, 3.63) is 35.6 Å². The fourth-order valence-corrected chi connectivity index (χ4v) is 3.37. The number of amides is 2.